The van der Waals surface area contributed by atoms with E-state index in [1.54, 1.807) is 0 Å². The van der Waals surface area contributed by atoms with Gasteiger partial charge in [-0.2, -0.15) is 0 Å². The van der Waals surface area contributed by atoms with Crippen LogP contribution in [0.1, 0.15) is 58.8 Å². The van der Waals surface area contributed by atoms with Crippen LogP contribution >= 0.6 is 0 Å². The van der Waals surface area contributed by atoms with E-state index in [1.165, 1.54) is 38.5 Å². The van der Waals surface area contributed by atoms with Gasteiger partial charge in [0.2, 0.25) is 0 Å². The molecule has 1 saturated heterocycles. The second-order valence-electron chi connectivity index (χ2n) is 4.65. The average molecular weight is 213 g/mol. The van der Waals surface area contributed by atoms with Crippen molar-refractivity contribution in [2.45, 2.75) is 71.0 Å². The quantitative estimate of drug-likeness (QED) is 0.656. The van der Waals surface area contributed by atoms with Crippen molar-refractivity contribution in [1.29, 1.82) is 0 Å². The summed E-state index contributed by atoms with van der Waals surface area (Å²) in [4.78, 5) is 0. The summed E-state index contributed by atoms with van der Waals surface area (Å²) in [6.07, 6.45) is 10.2. The van der Waals surface area contributed by atoms with E-state index in [0.29, 0.717) is 12.2 Å². The highest BCUT2D eigenvalue weighted by Gasteiger charge is 2.19. The summed E-state index contributed by atoms with van der Waals surface area (Å²) in [6.45, 7) is 6.57. The third-order valence-corrected chi connectivity index (χ3v) is 3.21. The number of unbranched alkanes of at least 4 members (excludes halogenated alkanes) is 4. The zero-order valence-electron chi connectivity index (χ0n) is 10.4. The predicted octanol–water partition coefficient (Wildman–Crippen LogP) is 3.11. The van der Waals surface area contributed by atoms with E-state index >= 15 is 0 Å². The van der Waals surface area contributed by atoms with Crippen LogP contribution < -0.4 is 5.32 Å². The van der Waals surface area contributed by atoms with Crippen LogP contribution in [0.15, 0.2) is 0 Å². The Hall–Kier alpha value is -0.0800. The van der Waals surface area contributed by atoms with E-state index in [2.05, 4.69) is 19.2 Å². The van der Waals surface area contributed by atoms with Crippen molar-refractivity contribution in [2.75, 3.05) is 13.1 Å². The van der Waals surface area contributed by atoms with Gasteiger partial charge in [-0.05, 0) is 12.8 Å². The standard InChI is InChI=1S/C13H27NO/c1-3-5-6-7-8-9-13-11-14-10-12(4-2)15-13/h12-14H,3-11H2,1-2H3. The Morgan fingerprint density at radius 3 is 2.47 bits per heavy atom. The number of hydrogen-bond acceptors (Lipinski definition) is 2. The van der Waals surface area contributed by atoms with Crippen molar-refractivity contribution >= 4 is 0 Å². The van der Waals surface area contributed by atoms with Crippen LogP contribution in [0.3, 0.4) is 0 Å². The van der Waals surface area contributed by atoms with Gasteiger partial charge in [0.1, 0.15) is 0 Å². The summed E-state index contributed by atoms with van der Waals surface area (Å²) in [5.41, 5.74) is 0. The summed E-state index contributed by atoms with van der Waals surface area (Å²) in [6, 6.07) is 0. The fraction of sp³-hybridized carbons (Fsp3) is 1.00. The molecule has 90 valence electrons. The Kier molecular flexibility index (Phi) is 7.03. The second-order valence-corrected chi connectivity index (χ2v) is 4.65. The molecule has 0 aromatic heterocycles. The average Bonchev–Trinajstić information content (AvgIpc) is 2.29. The molecule has 1 aliphatic rings. The molecule has 1 aliphatic heterocycles. The molecule has 2 heteroatoms. The van der Waals surface area contributed by atoms with Crippen molar-refractivity contribution in [2.24, 2.45) is 0 Å². The van der Waals surface area contributed by atoms with Gasteiger partial charge >= 0.3 is 0 Å². The van der Waals surface area contributed by atoms with Crippen molar-refractivity contribution in [1.82, 2.24) is 5.32 Å². The van der Waals surface area contributed by atoms with Crippen LogP contribution in [-0.2, 0) is 4.74 Å². The highest BCUT2D eigenvalue weighted by molar-refractivity contribution is 4.73. The molecule has 2 atom stereocenters. The van der Waals surface area contributed by atoms with Crippen molar-refractivity contribution < 1.29 is 4.74 Å². The Bertz CT molecular complexity index is 149. The minimum Gasteiger partial charge on any atom is -0.372 e. The third-order valence-electron chi connectivity index (χ3n) is 3.21. The van der Waals surface area contributed by atoms with Gasteiger partial charge in [-0.1, -0.05) is 46.0 Å². The highest BCUT2D eigenvalue weighted by Crippen LogP contribution is 2.14. The van der Waals surface area contributed by atoms with E-state index in [9.17, 15) is 0 Å². The molecule has 1 rings (SSSR count). The van der Waals surface area contributed by atoms with Crippen molar-refractivity contribution in [3.05, 3.63) is 0 Å². The number of hydrogen-bond donors (Lipinski definition) is 1. The molecule has 1 fully saturated rings. The Balaban J connectivity index is 2.00. The van der Waals surface area contributed by atoms with E-state index in [0.717, 1.165) is 19.5 Å². The summed E-state index contributed by atoms with van der Waals surface area (Å²) < 4.78 is 5.98. The summed E-state index contributed by atoms with van der Waals surface area (Å²) >= 11 is 0. The molecule has 0 aliphatic carbocycles. The van der Waals surface area contributed by atoms with Crippen molar-refractivity contribution in [3.63, 3.8) is 0 Å². The topological polar surface area (TPSA) is 21.3 Å². The first kappa shape index (κ1) is 13.0. The zero-order valence-corrected chi connectivity index (χ0v) is 10.4. The highest BCUT2D eigenvalue weighted by atomic mass is 16.5. The lowest BCUT2D eigenvalue weighted by Gasteiger charge is -2.30. The van der Waals surface area contributed by atoms with Crippen LogP contribution in [0.2, 0.25) is 0 Å². The largest absolute Gasteiger partial charge is 0.372 e. The summed E-state index contributed by atoms with van der Waals surface area (Å²) in [5, 5.41) is 3.46. The molecular formula is C13H27NO. The van der Waals surface area contributed by atoms with Gasteiger partial charge in [-0.3, -0.25) is 0 Å². The molecule has 0 bridgehead atoms. The first-order valence-electron chi connectivity index (χ1n) is 6.73. The van der Waals surface area contributed by atoms with Crippen LogP contribution in [0.4, 0.5) is 0 Å². The van der Waals surface area contributed by atoms with Crippen LogP contribution in [0, 0.1) is 0 Å². The van der Waals surface area contributed by atoms with Gasteiger partial charge in [-0.25, -0.2) is 0 Å². The molecule has 0 aromatic carbocycles. The summed E-state index contributed by atoms with van der Waals surface area (Å²) in [5.74, 6) is 0. The molecule has 1 N–H and O–H groups in total. The van der Waals surface area contributed by atoms with E-state index in [-0.39, 0.29) is 0 Å². The van der Waals surface area contributed by atoms with Gasteiger partial charge < -0.3 is 10.1 Å². The van der Waals surface area contributed by atoms with Gasteiger partial charge in [0.25, 0.3) is 0 Å². The minimum atomic E-state index is 0.458. The lowest BCUT2D eigenvalue weighted by Crippen LogP contribution is -2.44. The molecule has 0 spiro atoms. The van der Waals surface area contributed by atoms with Crippen LogP contribution in [-0.4, -0.2) is 25.3 Å². The fourth-order valence-corrected chi connectivity index (χ4v) is 2.16. The number of morpholine rings is 1. The maximum Gasteiger partial charge on any atom is 0.0703 e. The lowest BCUT2D eigenvalue weighted by molar-refractivity contribution is -0.0426. The Morgan fingerprint density at radius 2 is 1.73 bits per heavy atom. The molecule has 0 radical (unpaired) electrons. The van der Waals surface area contributed by atoms with E-state index in [4.69, 9.17) is 4.74 Å². The normalized spacial score (nSPS) is 26.8. The van der Waals surface area contributed by atoms with E-state index in [1.807, 2.05) is 0 Å². The van der Waals surface area contributed by atoms with Gasteiger partial charge in [0, 0.05) is 13.1 Å². The molecule has 15 heavy (non-hydrogen) atoms. The zero-order chi connectivity index (χ0) is 10.9. The second kappa shape index (κ2) is 8.12. The van der Waals surface area contributed by atoms with Crippen LogP contribution in [0.5, 0.6) is 0 Å². The summed E-state index contributed by atoms with van der Waals surface area (Å²) in [7, 11) is 0. The molecule has 0 aromatic rings. The SMILES string of the molecule is CCCCCCCC1CNCC(CC)O1. The number of ether oxygens (including phenoxy) is 1. The maximum absolute atomic E-state index is 5.98. The van der Waals surface area contributed by atoms with Gasteiger partial charge in [-0.15, -0.1) is 0 Å². The first-order valence-corrected chi connectivity index (χ1v) is 6.73. The smallest absolute Gasteiger partial charge is 0.0703 e. The number of nitrogens with one attached hydrogen (secondary N) is 1. The monoisotopic (exact) mass is 213 g/mol. The minimum absolute atomic E-state index is 0.458. The van der Waals surface area contributed by atoms with Gasteiger partial charge in [0.15, 0.2) is 0 Å². The predicted molar refractivity (Wildman–Crippen MR) is 65.2 cm³/mol. The van der Waals surface area contributed by atoms with Gasteiger partial charge in [0.05, 0.1) is 12.2 Å². The molecule has 2 unspecified atom stereocenters. The Morgan fingerprint density at radius 1 is 1.00 bits per heavy atom. The number of rotatable bonds is 7. The first-order chi connectivity index (χ1) is 7.36. The molecular weight excluding hydrogens is 186 g/mol. The molecule has 2 nitrogen and oxygen atoms in total. The Labute approximate surface area is 94.8 Å². The maximum atomic E-state index is 5.98. The molecule has 0 amide bonds. The van der Waals surface area contributed by atoms with E-state index < -0.39 is 0 Å². The molecule has 0 saturated carbocycles. The lowest BCUT2D eigenvalue weighted by atomic mass is 10.1. The molecule has 1 heterocycles. The third kappa shape index (κ3) is 5.53. The van der Waals surface area contributed by atoms with Crippen molar-refractivity contribution in [3.8, 4) is 0 Å². The fourth-order valence-electron chi connectivity index (χ4n) is 2.16. The van der Waals surface area contributed by atoms with Crippen LogP contribution in [0.25, 0.3) is 0 Å².